The van der Waals surface area contributed by atoms with Crippen molar-refractivity contribution >= 4 is 11.6 Å². The Morgan fingerprint density at radius 3 is 2.17 bits per heavy atom. The molecule has 2 aromatic carbocycles. The molecular formula is C24H27N3O2. The minimum Gasteiger partial charge on any atom is -0.324 e. The van der Waals surface area contributed by atoms with E-state index in [2.05, 4.69) is 10.4 Å². The Balaban J connectivity index is 1.95. The topological polar surface area (TPSA) is 64.0 Å². The number of nitrogens with one attached hydrogen (secondary N) is 1. The lowest BCUT2D eigenvalue weighted by Crippen LogP contribution is -2.34. The number of carbonyl (C=O) groups is 1. The van der Waals surface area contributed by atoms with Gasteiger partial charge in [0.2, 0.25) is 5.91 Å². The lowest BCUT2D eigenvalue weighted by molar-refractivity contribution is -0.119. The van der Waals surface area contributed by atoms with E-state index in [9.17, 15) is 9.59 Å². The average Bonchev–Trinajstić information content (AvgIpc) is 2.67. The molecule has 0 radical (unpaired) electrons. The lowest BCUT2D eigenvalue weighted by atomic mass is 10.0. The molecule has 0 aliphatic rings. The fourth-order valence-corrected chi connectivity index (χ4v) is 3.58. The van der Waals surface area contributed by atoms with Crippen molar-refractivity contribution < 1.29 is 4.79 Å². The van der Waals surface area contributed by atoms with Crippen molar-refractivity contribution in [1.29, 1.82) is 0 Å². The molecule has 0 aliphatic heterocycles. The average molecular weight is 389 g/mol. The summed E-state index contributed by atoms with van der Waals surface area (Å²) in [7, 11) is 0. The van der Waals surface area contributed by atoms with Crippen LogP contribution in [0.25, 0.3) is 11.3 Å². The van der Waals surface area contributed by atoms with Crippen LogP contribution < -0.4 is 10.9 Å². The summed E-state index contributed by atoms with van der Waals surface area (Å²) in [5, 5.41) is 7.52. The van der Waals surface area contributed by atoms with Crippen molar-refractivity contribution in [2.75, 3.05) is 5.32 Å². The van der Waals surface area contributed by atoms with E-state index in [1.807, 2.05) is 71.0 Å². The number of hydrogen-bond acceptors (Lipinski definition) is 3. The molecule has 0 fully saturated rings. The molecule has 5 heteroatoms. The van der Waals surface area contributed by atoms with Crippen LogP contribution in [0.1, 0.15) is 41.6 Å². The summed E-state index contributed by atoms with van der Waals surface area (Å²) < 4.78 is 1.30. The third-order valence-corrected chi connectivity index (χ3v) is 5.08. The molecule has 3 rings (SSSR count). The normalized spacial score (nSPS) is 11.9. The number of anilines is 1. The maximum atomic E-state index is 13.1. The van der Waals surface area contributed by atoms with Crippen LogP contribution in [0.3, 0.4) is 0 Å². The fraction of sp³-hybridized carbons (Fsp3) is 0.292. The Kier molecular flexibility index (Phi) is 5.97. The summed E-state index contributed by atoms with van der Waals surface area (Å²) in [6.07, 6.45) is 0.458. The number of benzene rings is 2. The molecule has 29 heavy (non-hydrogen) atoms. The predicted molar refractivity (Wildman–Crippen MR) is 117 cm³/mol. The Bertz CT molecular complexity index is 1070. The van der Waals surface area contributed by atoms with Gasteiger partial charge < -0.3 is 5.32 Å². The maximum absolute atomic E-state index is 13.1. The zero-order valence-electron chi connectivity index (χ0n) is 17.6. The third kappa shape index (κ3) is 4.45. The highest BCUT2D eigenvalue weighted by atomic mass is 16.2. The van der Waals surface area contributed by atoms with Gasteiger partial charge in [0.25, 0.3) is 5.56 Å². The number of aromatic nitrogens is 2. The Morgan fingerprint density at radius 2 is 1.59 bits per heavy atom. The molecule has 1 heterocycles. The van der Waals surface area contributed by atoms with Gasteiger partial charge in [-0.05, 0) is 51.3 Å². The first-order valence-corrected chi connectivity index (χ1v) is 9.85. The summed E-state index contributed by atoms with van der Waals surface area (Å²) in [6.45, 7) is 9.87. The SMILES string of the molecule is CCC(C(=O)Nc1c(C)cc(C)cc1C)n1nc(-c2ccc(C)cc2)ccc1=O. The molecular weight excluding hydrogens is 362 g/mol. The highest BCUT2D eigenvalue weighted by Crippen LogP contribution is 2.24. The summed E-state index contributed by atoms with van der Waals surface area (Å²) in [5.41, 5.74) is 6.37. The van der Waals surface area contributed by atoms with Gasteiger partial charge in [0, 0.05) is 17.3 Å². The minimum absolute atomic E-state index is 0.238. The Hall–Kier alpha value is -3.21. The molecule has 3 aromatic rings. The molecule has 0 spiro atoms. The van der Waals surface area contributed by atoms with Gasteiger partial charge in [-0.2, -0.15) is 5.10 Å². The quantitative estimate of drug-likeness (QED) is 0.686. The largest absolute Gasteiger partial charge is 0.324 e. The maximum Gasteiger partial charge on any atom is 0.267 e. The number of aryl methyl sites for hydroxylation is 4. The lowest BCUT2D eigenvalue weighted by Gasteiger charge is -2.19. The van der Waals surface area contributed by atoms with Crippen molar-refractivity contribution in [3.63, 3.8) is 0 Å². The van der Waals surface area contributed by atoms with Crippen LogP contribution in [0.4, 0.5) is 5.69 Å². The molecule has 0 bridgehead atoms. The summed E-state index contributed by atoms with van der Waals surface area (Å²) in [6, 6.07) is 14.5. The van der Waals surface area contributed by atoms with E-state index >= 15 is 0 Å². The van der Waals surface area contributed by atoms with Crippen LogP contribution in [-0.2, 0) is 4.79 Å². The van der Waals surface area contributed by atoms with Crippen molar-refractivity contribution in [2.24, 2.45) is 0 Å². The van der Waals surface area contributed by atoms with Gasteiger partial charge >= 0.3 is 0 Å². The first-order chi connectivity index (χ1) is 13.8. The zero-order valence-corrected chi connectivity index (χ0v) is 17.6. The molecule has 1 N–H and O–H groups in total. The zero-order chi connectivity index (χ0) is 21.1. The first-order valence-electron chi connectivity index (χ1n) is 9.85. The van der Waals surface area contributed by atoms with Gasteiger partial charge in [-0.3, -0.25) is 9.59 Å². The molecule has 1 amide bonds. The number of nitrogens with zero attached hydrogens (tertiary/aromatic N) is 2. The summed E-state index contributed by atoms with van der Waals surface area (Å²) in [5.74, 6) is -0.238. The number of amides is 1. The highest BCUT2D eigenvalue weighted by molar-refractivity contribution is 5.95. The van der Waals surface area contributed by atoms with E-state index in [0.29, 0.717) is 12.1 Å². The summed E-state index contributed by atoms with van der Waals surface area (Å²) in [4.78, 5) is 25.6. The van der Waals surface area contributed by atoms with E-state index in [-0.39, 0.29) is 11.5 Å². The summed E-state index contributed by atoms with van der Waals surface area (Å²) >= 11 is 0. The van der Waals surface area contributed by atoms with Gasteiger partial charge in [0.15, 0.2) is 0 Å². The van der Waals surface area contributed by atoms with Gasteiger partial charge in [-0.1, -0.05) is 54.4 Å². The Morgan fingerprint density at radius 1 is 0.966 bits per heavy atom. The highest BCUT2D eigenvalue weighted by Gasteiger charge is 2.22. The van der Waals surface area contributed by atoms with E-state index < -0.39 is 6.04 Å². The smallest absolute Gasteiger partial charge is 0.267 e. The van der Waals surface area contributed by atoms with Crippen LogP contribution >= 0.6 is 0 Å². The second kappa shape index (κ2) is 8.43. The van der Waals surface area contributed by atoms with E-state index in [0.717, 1.165) is 33.5 Å². The molecule has 0 saturated carbocycles. The predicted octanol–water partition coefficient (Wildman–Crippen LogP) is 4.73. The van der Waals surface area contributed by atoms with Crippen LogP contribution in [0, 0.1) is 27.7 Å². The molecule has 1 aromatic heterocycles. The van der Waals surface area contributed by atoms with Crippen LogP contribution in [0.15, 0.2) is 53.3 Å². The molecule has 0 aliphatic carbocycles. The van der Waals surface area contributed by atoms with Crippen molar-refractivity contribution in [1.82, 2.24) is 9.78 Å². The standard InChI is InChI=1S/C24H27N3O2/c1-6-21(24(29)25-23-17(4)13-16(3)14-18(23)5)27-22(28)12-11-20(26-27)19-9-7-15(2)8-10-19/h7-14,21H,6H2,1-5H3,(H,25,29). The molecule has 1 atom stereocenters. The van der Waals surface area contributed by atoms with E-state index in [1.165, 1.54) is 10.7 Å². The van der Waals surface area contributed by atoms with Crippen molar-refractivity contribution in [2.45, 2.75) is 47.1 Å². The minimum atomic E-state index is -0.687. The molecule has 150 valence electrons. The second-order valence-electron chi connectivity index (χ2n) is 7.55. The van der Waals surface area contributed by atoms with Crippen molar-refractivity contribution in [3.8, 4) is 11.3 Å². The number of rotatable bonds is 5. The molecule has 0 saturated heterocycles. The first kappa shape index (κ1) is 20.5. The van der Waals surface area contributed by atoms with Gasteiger partial charge in [0.1, 0.15) is 6.04 Å². The van der Waals surface area contributed by atoms with Gasteiger partial charge in [0.05, 0.1) is 5.69 Å². The van der Waals surface area contributed by atoms with Gasteiger partial charge in [-0.25, -0.2) is 4.68 Å². The van der Waals surface area contributed by atoms with E-state index in [4.69, 9.17) is 0 Å². The van der Waals surface area contributed by atoms with E-state index in [1.54, 1.807) is 6.07 Å². The second-order valence-corrected chi connectivity index (χ2v) is 7.55. The molecule has 5 nitrogen and oxygen atoms in total. The van der Waals surface area contributed by atoms with Crippen molar-refractivity contribution in [3.05, 3.63) is 81.1 Å². The fourth-order valence-electron chi connectivity index (χ4n) is 3.58. The van der Waals surface area contributed by atoms with Crippen LogP contribution in [0.2, 0.25) is 0 Å². The van der Waals surface area contributed by atoms with Gasteiger partial charge in [-0.15, -0.1) is 0 Å². The molecule has 1 unspecified atom stereocenters. The van der Waals surface area contributed by atoms with Crippen LogP contribution in [0.5, 0.6) is 0 Å². The third-order valence-electron chi connectivity index (χ3n) is 5.08. The Labute approximate surface area is 171 Å². The number of carbonyl (C=O) groups excluding carboxylic acids is 1. The van der Waals surface area contributed by atoms with Crippen LogP contribution in [-0.4, -0.2) is 15.7 Å². The monoisotopic (exact) mass is 389 g/mol. The number of hydrogen-bond donors (Lipinski definition) is 1.